The molecule has 148 valence electrons. The van der Waals surface area contributed by atoms with Crippen LogP contribution in [0.15, 0.2) is 78.9 Å². The Bertz CT molecular complexity index is 932. The summed E-state index contributed by atoms with van der Waals surface area (Å²) in [5.74, 6) is 0. The van der Waals surface area contributed by atoms with E-state index in [0.717, 1.165) is 12.8 Å². The van der Waals surface area contributed by atoms with Crippen molar-refractivity contribution in [1.29, 1.82) is 0 Å². The number of aryl methyl sites for hydroxylation is 1. The van der Waals surface area contributed by atoms with Gasteiger partial charge in [0.1, 0.15) is 0 Å². The predicted octanol–water partition coefficient (Wildman–Crippen LogP) is 7.17. The Kier molecular flexibility index (Phi) is 10.4. The molecule has 0 fully saturated rings. The van der Waals surface area contributed by atoms with E-state index in [4.69, 9.17) is 22.1 Å². The quantitative estimate of drug-likeness (QED) is 0.301. The molecule has 0 saturated heterocycles. The molecule has 4 aromatic carbocycles. The molecule has 1 N–H and O–H groups in total. The normalized spacial score (nSPS) is 10.0. The van der Waals surface area contributed by atoms with Gasteiger partial charge in [-0.15, -0.1) is 70.3 Å². The monoisotopic (exact) mass is 490 g/mol. The molecule has 0 spiro atoms. The van der Waals surface area contributed by atoms with E-state index in [1.807, 2.05) is 13.8 Å². The maximum Gasteiger partial charge on any atom is 0.0433 e. The molecule has 1 nitrogen and oxygen atoms in total. The summed E-state index contributed by atoms with van der Waals surface area (Å²) in [4.78, 5) is 0. The number of halogens is 2. The summed E-state index contributed by atoms with van der Waals surface area (Å²) >= 11 is -1.84. The summed E-state index contributed by atoms with van der Waals surface area (Å²) in [6.07, 6.45) is 1.83. The molecule has 0 heterocycles. The molecule has 0 saturated carbocycles. The van der Waals surface area contributed by atoms with Crippen LogP contribution in [0.2, 0.25) is 0 Å². The molecular formula is C24H26Cl2OZr-2. The van der Waals surface area contributed by atoms with Gasteiger partial charge in [0, 0.05) is 6.61 Å². The van der Waals surface area contributed by atoms with Gasteiger partial charge in [-0.2, -0.15) is 23.6 Å². The van der Waals surface area contributed by atoms with E-state index in [1.165, 1.54) is 30.3 Å². The van der Waals surface area contributed by atoms with Crippen LogP contribution in [0.4, 0.5) is 0 Å². The van der Waals surface area contributed by atoms with Crippen LogP contribution in [0.5, 0.6) is 0 Å². The average Bonchev–Trinajstić information content (AvgIpc) is 3.33. The Balaban J connectivity index is 0.000000163. The number of benzene rings is 2. The first kappa shape index (κ1) is 23.2. The zero-order chi connectivity index (χ0) is 20.4. The molecule has 0 aliphatic carbocycles. The minimum absolute atomic E-state index is 0.279. The van der Waals surface area contributed by atoms with E-state index in [2.05, 4.69) is 78.9 Å². The molecule has 4 heteroatoms. The van der Waals surface area contributed by atoms with Gasteiger partial charge in [0.15, 0.2) is 0 Å². The van der Waals surface area contributed by atoms with Gasteiger partial charge in [0.05, 0.1) is 0 Å². The van der Waals surface area contributed by atoms with Gasteiger partial charge >= 0.3 is 53.0 Å². The summed E-state index contributed by atoms with van der Waals surface area (Å²) in [7, 11) is 11.1. The van der Waals surface area contributed by atoms with Crippen LogP contribution in [-0.2, 0) is 25.3 Å². The Labute approximate surface area is 182 Å². The molecule has 0 bridgehead atoms. The minimum atomic E-state index is -1.84. The fourth-order valence-corrected chi connectivity index (χ4v) is 2.71. The maximum atomic E-state index is 8.70. The van der Waals surface area contributed by atoms with E-state index in [9.17, 15) is 0 Å². The third-order valence-corrected chi connectivity index (χ3v) is 10.6. The second-order valence-electron chi connectivity index (χ2n) is 6.73. The van der Waals surface area contributed by atoms with Crippen LogP contribution in [0.25, 0.3) is 21.5 Å². The molecule has 0 aliphatic rings. The Morgan fingerprint density at radius 1 is 0.929 bits per heavy atom. The molecule has 0 unspecified atom stereocenters. The minimum Gasteiger partial charge on any atom is -0.396 e. The smallest absolute Gasteiger partial charge is 0.0433 e. The van der Waals surface area contributed by atoms with Crippen molar-refractivity contribution in [3.05, 3.63) is 84.4 Å². The number of hydrogen-bond acceptors (Lipinski definition) is 1. The van der Waals surface area contributed by atoms with Crippen molar-refractivity contribution in [3.8, 4) is 0 Å². The Hall–Kier alpha value is -1.05. The van der Waals surface area contributed by atoms with Crippen LogP contribution in [0.3, 0.4) is 0 Å². The van der Waals surface area contributed by atoms with Crippen molar-refractivity contribution in [1.82, 2.24) is 0 Å². The molecule has 28 heavy (non-hydrogen) atoms. The third kappa shape index (κ3) is 7.76. The van der Waals surface area contributed by atoms with Gasteiger partial charge in [0.2, 0.25) is 0 Å². The summed E-state index contributed by atoms with van der Waals surface area (Å²) in [6.45, 7) is 4.24. The molecule has 4 rings (SSSR count). The van der Waals surface area contributed by atoms with Crippen LogP contribution in [0, 0.1) is 0 Å². The fourth-order valence-electron chi connectivity index (χ4n) is 2.71. The topological polar surface area (TPSA) is 20.2 Å². The summed E-state index contributed by atoms with van der Waals surface area (Å²) in [6, 6.07) is 27.4. The summed E-state index contributed by atoms with van der Waals surface area (Å²) in [5, 5.41) is 14.0. The SMILES string of the molecule is C[C](C)=[Zr]([Cl])[Cl].OCCCc1cc2ccccc2[cH-]1.c1ccc2[cH-]ccc2c1. The standard InChI is InChI=1S/C12H13O.C9H7.C3H6.2ClH.Zr/c13-7-3-4-10-8-11-5-1-2-6-12(11)9-10;1-2-5-9-7-3-6-8(9)4-1;1-3-2;;;/h1-2,5-6,8-9,13H,3-4,7H2;1-7H;1-2H3;2*1H;/q2*-1;;;;+2/p-2. The number of rotatable bonds is 3. The predicted molar refractivity (Wildman–Crippen MR) is 123 cm³/mol. The Morgan fingerprint density at radius 2 is 1.54 bits per heavy atom. The largest absolute Gasteiger partial charge is 0.396 e. The number of aliphatic hydroxyl groups is 1. The van der Waals surface area contributed by atoms with Crippen LogP contribution >= 0.6 is 17.0 Å². The van der Waals surface area contributed by atoms with E-state index < -0.39 is 18.9 Å². The van der Waals surface area contributed by atoms with Gasteiger partial charge in [-0.1, -0.05) is 12.1 Å². The van der Waals surface area contributed by atoms with Crippen LogP contribution < -0.4 is 0 Å². The molecular weight excluding hydrogens is 466 g/mol. The fraction of sp³-hybridized carbons (Fsp3) is 0.208. The summed E-state index contributed by atoms with van der Waals surface area (Å²) in [5.41, 5.74) is 1.33. The Morgan fingerprint density at radius 3 is 2.11 bits per heavy atom. The van der Waals surface area contributed by atoms with Crippen molar-refractivity contribution >= 4 is 41.8 Å². The first-order chi connectivity index (χ1) is 13.5. The number of hydrogen-bond donors (Lipinski definition) is 1. The third-order valence-electron chi connectivity index (χ3n) is 4.23. The van der Waals surface area contributed by atoms with Crippen molar-refractivity contribution in [3.63, 3.8) is 0 Å². The van der Waals surface area contributed by atoms with Crippen LogP contribution in [0.1, 0.15) is 25.8 Å². The molecule has 0 amide bonds. The number of fused-ring (bicyclic) bond motifs is 2. The maximum absolute atomic E-state index is 8.70. The molecule has 0 radical (unpaired) electrons. The van der Waals surface area contributed by atoms with E-state index in [0.29, 0.717) is 0 Å². The second-order valence-corrected chi connectivity index (χ2v) is 16.1. The average molecular weight is 493 g/mol. The van der Waals surface area contributed by atoms with Crippen LogP contribution in [-0.4, -0.2) is 14.9 Å². The summed E-state index contributed by atoms with van der Waals surface area (Å²) < 4.78 is 1.24. The zero-order valence-electron chi connectivity index (χ0n) is 16.3. The van der Waals surface area contributed by atoms with Crippen molar-refractivity contribution < 1.29 is 24.0 Å². The molecule has 4 aromatic rings. The van der Waals surface area contributed by atoms with E-state index in [-0.39, 0.29) is 6.61 Å². The first-order valence-electron chi connectivity index (χ1n) is 9.35. The van der Waals surface area contributed by atoms with Gasteiger partial charge in [0.25, 0.3) is 0 Å². The number of aliphatic hydroxyl groups excluding tert-OH is 1. The zero-order valence-corrected chi connectivity index (χ0v) is 20.3. The molecule has 0 aliphatic heterocycles. The van der Waals surface area contributed by atoms with Gasteiger partial charge < -0.3 is 5.11 Å². The second kappa shape index (κ2) is 12.5. The van der Waals surface area contributed by atoms with Crippen molar-refractivity contribution in [2.24, 2.45) is 0 Å². The molecule has 0 aromatic heterocycles. The van der Waals surface area contributed by atoms with Gasteiger partial charge in [-0.25, -0.2) is 0 Å². The van der Waals surface area contributed by atoms with Gasteiger partial charge in [-0.3, -0.25) is 0 Å². The van der Waals surface area contributed by atoms with E-state index >= 15 is 0 Å². The molecule has 0 atom stereocenters. The van der Waals surface area contributed by atoms with Gasteiger partial charge in [-0.05, 0) is 12.8 Å². The van der Waals surface area contributed by atoms with E-state index in [1.54, 1.807) is 0 Å². The first-order valence-corrected chi connectivity index (χ1v) is 16.9. The van der Waals surface area contributed by atoms with Crippen molar-refractivity contribution in [2.45, 2.75) is 26.7 Å². The van der Waals surface area contributed by atoms with Crippen molar-refractivity contribution in [2.75, 3.05) is 6.61 Å².